The Morgan fingerprint density at radius 2 is 2.46 bits per heavy atom. The summed E-state index contributed by atoms with van der Waals surface area (Å²) in [5, 5.41) is 10.7. The largest absolute Gasteiger partial charge is 0.449 e. The van der Waals surface area contributed by atoms with E-state index < -0.39 is 6.09 Å². The fourth-order valence-electron chi connectivity index (χ4n) is 0.976. The maximum absolute atomic E-state index is 11.2. The van der Waals surface area contributed by atoms with Gasteiger partial charge >= 0.3 is 6.09 Å². The number of carbonyl (C=O) groups excluding carboxylic acids is 1. The second-order valence-corrected chi connectivity index (χ2v) is 2.29. The predicted octanol–water partition coefficient (Wildman–Crippen LogP) is -0.0696. The van der Waals surface area contributed by atoms with Crippen LogP contribution in [0.3, 0.4) is 0 Å². The molecule has 0 aromatic carbocycles. The Hall–Kier alpha value is -1.92. The summed E-state index contributed by atoms with van der Waals surface area (Å²) in [6, 6.07) is 0. The molecule has 7 heteroatoms. The van der Waals surface area contributed by atoms with E-state index in [2.05, 4.69) is 15.5 Å². The third-order valence-corrected chi connectivity index (χ3v) is 1.51. The number of hydrogen-bond acceptors (Lipinski definition) is 5. The quantitative estimate of drug-likeness (QED) is 0.615. The van der Waals surface area contributed by atoms with E-state index in [1.165, 1.54) is 15.3 Å². The van der Waals surface area contributed by atoms with Crippen molar-refractivity contribution in [1.82, 2.24) is 24.6 Å². The molecule has 0 saturated heterocycles. The molecule has 0 amide bonds. The number of ether oxygens (including phenoxy) is 1. The molecule has 2 aromatic rings. The van der Waals surface area contributed by atoms with Gasteiger partial charge in [-0.1, -0.05) is 5.10 Å². The molecule has 0 radical (unpaired) electrons. The van der Waals surface area contributed by atoms with Gasteiger partial charge in [0.2, 0.25) is 0 Å². The fourth-order valence-corrected chi connectivity index (χ4v) is 0.976. The van der Waals surface area contributed by atoms with E-state index >= 15 is 0 Å². The smallest absolute Gasteiger partial charge is 0.420 e. The van der Waals surface area contributed by atoms with Crippen molar-refractivity contribution in [2.75, 3.05) is 6.61 Å². The molecule has 0 unspecified atom stereocenters. The van der Waals surface area contributed by atoms with Gasteiger partial charge in [-0.25, -0.2) is 9.36 Å². The zero-order valence-electron chi connectivity index (χ0n) is 6.91. The standard InChI is InChI=1S/C6H7N5O2/c1-2-13-6(12)10-3-4-11-5(10)7-8-9-11/h3-4H,2H2,1H3. The van der Waals surface area contributed by atoms with Crippen LogP contribution in [0.15, 0.2) is 12.4 Å². The van der Waals surface area contributed by atoms with Gasteiger partial charge in [-0.05, 0) is 17.4 Å². The molecule has 7 nitrogen and oxygen atoms in total. The Kier molecular flexibility index (Phi) is 1.69. The van der Waals surface area contributed by atoms with E-state index in [0.717, 1.165) is 0 Å². The number of fused-ring (bicyclic) bond motifs is 1. The van der Waals surface area contributed by atoms with Crippen molar-refractivity contribution in [3.05, 3.63) is 12.4 Å². The van der Waals surface area contributed by atoms with Crippen LogP contribution in [0.4, 0.5) is 4.79 Å². The normalized spacial score (nSPS) is 10.5. The first-order valence-corrected chi connectivity index (χ1v) is 3.75. The highest BCUT2D eigenvalue weighted by molar-refractivity contribution is 5.74. The third-order valence-electron chi connectivity index (χ3n) is 1.51. The van der Waals surface area contributed by atoms with Gasteiger partial charge in [-0.2, -0.15) is 4.52 Å². The van der Waals surface area contributed by atoms with E-state index in [9.17, 15) is 4.79 Å². The number of aromatic nitrogens is 5. The lowest BCUT2D eigenvalue weighted by Gasteiger charge is -1.99. The lowest BCUT2D eigenvalue weighted by atomic mass is 10.8. The zero-order valence-corrected chi connectivity index (χ0v) is 6.91. The Labute approximate surface area is 72.9 Å². The molecular formula is C6H7N5O2. The third kappa shape index (κ3) is 1.13. The summed E-state index contributed by atoms with van der Waals surface area (Å²) in [6.07, 6.45) is 2.62. The van der Waals surface area contributed by atoms with E-state index in [4.69, 9.17) is 4.74 Å². The number of tetrazole rings is 1. The number of imidazole rings is 1. The van der Waals surface area contributed by atoms with Gasteiger partial charge in [-0.15, -0.1) is 0 Å². The van der Waals surface area contributed by atoms with Gasteiger partial charge in [0.25, 0.3) is 5.78 Å². The molecule has 2 aromatic heterocycles. The maximum atomic E-state index is 11.2. The van der Waals surface area contributed by atoms with Crippen molar-refractivity contribution in [2.45, 2.75) is 6.92 Å². The Morgan fingerprint density at radius 1 is 1.62 bits per heavy atom. The summed E-state index contributed by atoms with van der Waals surface area (Å²) in [7, 11) is 0. The van der Waals surface area contributed by atoms with Crippen LogP contribution >= 0.6 is 0 Å². The van der Waals surface area contributed by atoms with E-state index in [1.54, 1.807) is 13.1 Å². The molecule has 68 valence electrons. The molecule has 0 saturated carbocycles. The van der Waals surface area contributed by atoms with Crippen molar-refractivity contribution in [1.29, 1.82) is 0 Å². The second kappa shape index (κ2) is 2.85. The molecule has 0 aliphatic heterocycles. The van der Waals surface area contributed by atoms with Gasteiger partial charge < -0.3 is 4.74 Å². The van der Waals surface area contributed by atoms with Gasteiger partial charge in [0, 0.05) is 6.20 Å². The minimum absolute atomic E-state index is 0.324. The van der Waals surface area contributed by atoms with Crippen molar-refractivity contribution < 1.29 is 9.53 Å². The van der Waals surface area contributed by atoms with Crippen LogP contribution in [0.5, 0.6) is 0 Å². The SMILES string of the molecule is CCOC(=O)n1ccn2nnnc12. The number of carbonyl (C=O) groups is 1. The second-order valence-electron chi connectivity index (χ2n) is 2.29. The van der Waals surface area contributed by atoms with Crippen LogP contribution in [0.25, 0.3) is 5.78 Å². The molecule has 0 aliphatic carbocycles. The molecule has 0 N–H and O–H groups in total. The lowest BCUT2D eigenvalue weighted by Crippen LogP contribution is -2.12. The van der Waals surface area contributed by atoms with Crippen molar-refractivity contribution in [2.24, 2.45) is 0 Å². The molecule has 13 heavy (non-hydrogen) atoms. The van der Waals surface area contributed by atoms with Crippen molar-refractivity contribution in [3.63, 3.8) is 0 Å². The van der Waals surface area contributed by atoms with Crippen LogP contribution in [0.1, 0.15) is 6.92 Å². The van der Waals surface area contributed by atoms with E-state index in [-0.39, 0.29) is 0 Å². The van der Waals surface area contributed by atoms with Gasteiger partial charge in [-0.3, -0.25) is 0 Å². The average molecular weight is 181 g/mol. The average Bonchev–Trinajstić information content (AvgIpc) is 2.62. The van der Waals surface area contributed by atoms with Gasteiger partial charge in [0.05, 0.1) is 12.8 Å². The lowest BCUT2D eigenvalue weighted by molar-refractivity contribution is 0.155. The molecule has 2 heterocycles. The molecule has 0 spiro atoms. The fraction of sp³-hybridized carbons (Fsp3) is 0.333. The monoisotopic (exact) mass is 181 g/mol. The first-order chi connectivity index (χ1) is 6.33. The first kappa shape index (κ1) is 7.71. The molecule has 0 fully saturated rings. The first-order valence-electron chi connectivity index (χ1n) is 3.75. The van der Waals surface area contributed by atoms with Crippen LogP contribution in [-0.2, 0) is 4.74 Å². The summed E-state index contributed by atoms with van der Waals surface area (Å²) >= 11 is 0. The zero-order chi connectivity index (χ0) is 9.26. The van der Waals surface area contributed by atoms with Crippen LogP contribution < -0.4 is 0 Å². The van der Waals surface area contributed by atoms with E-state index in [1.807, 2.05) is 0 Å². The van der Waals surface area contributed by atoms with Crippen LogP contribution in [0.2, 0.25) is 0 Å². The highest BCUT2D eigenvalue weighted by atomic mass is 16.5. The minimum Gasteiger partial charge on any atom is -0.449 e. The molecule has 0 atom stereocenters. The number of rotatable bonds is 1. The molecule has 0 bridgehead atoms. The van der Waals surface area contributed by atoms with E-state index in [0.29, 0.717) is 12.4 Å². The number of nitrogens with zero attached hydrogens (tertiary/aromatic N) is 5. The molecule has 2 rings (SSSR count). The van der Waals surface area contributed by atoms with Crippen molar-refractivity contribution >= 4 is 11.9 Å². The predicted molar refractivity (Wildman–Crippen MR) is 41.2 cm³/mol. The molecular weight excluding hydrogens is 174 g/mol. The highest BCUT2D eigenvalue weighted by Crippen LogP contribution is 1.99. The Bertz CT molecular complexity index is 431. The topological polar surface area (TPSA) is 74.3 Å². The van der Waals surface area contributed by atoms with Crippen molar-refractivity contribution in [3.8, 4) is 0 Å². The van der Waals surface area contributed by atoms with Gasteiger partial charge in [0.1, 0.15) is 0 Å². The summed E-state index contributed by atoms with van der Waals surface area (Å²) in [6.45, 7) is 2.06. The summed E-state index contributed by atoms with van der Waals surface area (Å²) in [5.41, 5.74) is 0. The molecule has 0 aliphatic rings. The summed E-state index contributed by atoms with van der Waals surface area (Å²) < 4.78 is 7.40. The minimum atomic E-state index is -0.479. The van der Waals surface area contributed by atoms with Crippen LogP contribution in [0, 0.1) is 0 Å². The number of hydrogen-bond donors (Lipinski definition) is 0. The summed E-state index contributed by atoms with van der Waals surface area (Å²) in [5.74, 6) is 0.346. The van der Waals surface area contributed by atoms with Gasteiger partial charge in [0.15, 0.2) is 0 Å². The Morgan fingerprint density at radius 3 is 3.23 bits per heavy atom. The summed E-state index contributed by atoms with van der Waals surface area (Å²) in [4.78, 5) is 11.2. The highest BCUT2D eigenvalue weighted by Gasteiger charge is 2.11. The Balaban J connectivity index is 2.42. The maximum Gasteiger partial charge on any atom is 0.420 e. The van der Waals surface area contributed by atoms with Crippen LogP contribution in [-0.4, -0.2) is 37.3 Å².